The number of hydrogen-bond donors (Lipinski definition) is 3. The highest BCUT2D eigenvalue weighted by atomic mass is 16.5. The van der Waals surface area contributed by atoms with Crippen molar-refractivity contribution in [3.63, 3.8) is 0 Å². The first-order valence-corrected chi connectivity index (χ1v) is 5.25. The van der Waals surface area contributed by atoms with Crippen LogP contribution in [0.5, 0.6) is 0 Å². The lowest BCUT2D eigenvalue weighted by atomic mass is 10.3. The molecule has 0 spiro atoms. The molecule has 0 bridgehead atoms. The van der Waals surface area contributed by atoms with E-state index in [4.69, 9.17) is 15.9 Å². The summed E-state index contributed by atoms with van der Waals surface area (Å²) in [5.41, 5.74) is 5.05. The summed E-state index contributed by atoms with van der Waals surface area (Å²) in [4.78, 5) is 19.9. The molecule has 17 heavy (non-hydrogen) atoms. The number of methoxy groups -OCH3 is 1. The molecular weight excluding hydrogens is 222 g/mol. The molecule has 1 aromatic rings. The predicted molar refractivity (Wildman–Crippen MR) is 65.5 cm³/mol. The third kappa shape index (κ3) is 4.23. The summed E-state index contributed by atoms with van der Waals surface area (Å²) >= 11 is 0. The second kappa shape index (κ2) is 6.64. The van der Waals surface area contributed by atoms with E-state index in [1.54, 1.807) is 12.0 Å². The van der Waals surface area contributed by atoms with E-state index in [0.29, 0.717) is 31.9 Å². The number of H-pyrrole nitrogens is 1. The average Bonchev–Trinajstić information content (AvgIpc) is 2.30. The topological polar surface area (TPSA) is 108 Å². The zero-order chi connectivity index (χ0) is 12.7. The number of ether oxygens (including phenoxy) is 1. The lowest BCUT2D eigenvalue weighted by Crippen LogP contribution is -2.35. The van der Waals surface area contributed by atoms with Crippen molar-refractivity contribution in [2.75, 3.05) is 31.7 Å². The minimum absolute atomic E-state index is 0.0831. The minimum atomic E-state index is -0.257. The molecule has 0 amide bonds. The Balaban J connectivity index is 2.78. The van der Waals surface area contributed by atoms with Gasteiger partial charge in [-0.05, 0) is 0 Å². The quantitative estimate of drug-likeness (QED) is 0.441. The van der Waals surface area contributed by atoms with Crippen LogP contribution >= 0.6 is 0 Å². The highest BCUT2D eigenvalue weighted by molar-refractivity contribution is 5.77. The number of rotatable bonds is 7. The molecule has 0 saturated carbocycles. The van der Waals surface area contributed by atoms with Crippen molar-refractivity contribution < 1.29 is 4.74 Å². The molecule has 0 radical (unpaired) electrons. The lowest BCUT2D eigenvalue weighted by Gasteiger charge is -2.21. The highest BCUT2D eigenvalue weighted by Crippen LogP contribution is 2.03. The van der Waals surface area contributed by atoms with Crippen LogP contribution in [0.15, 0.2) is 17.2 Å². The van der Waals surface area contributed by atoms with E-state index in [1.165, 1.54) is 12.4 Å². The van der Waals surface area contributed by atoms with Gasteiger partial charge in [-0.3, -0.25) is 10.2 Å². The summed E-state index contributed by atoms with van der Waals surface area (Å²) in [5, 5.41) is 7.19. The molecule has 1 rings (SSSR count). The molecule has 7 nitrogen and oxygen atoms in total. The van der Waals surface area contributed by atoms with Gasteiger partial charge in [0, 0.05) is 39.0 Å². The van der Waals surface area contributed by atoms with Gasteiger partial charge in [-0.25, -0.2) is 4.98 Å². The van der Waals surface area contributed by atoms with Gasteiger partial charge in [-0.2, -0.15) is 0 Å². The molecule has 0 aromatic carbocycles. The molecule has 1 heterocycles. The molecule has 4 N–H and O–H groups in total. The third-order valence-electron chi connectivity index (χ3n) is 2.20. The maximum absolute atomic E-state index is 11.6. The van der Waals surface area contributed by atoms with Crippen molar-refractivity contribution in [2.45, 2.75) is 6.42 Å². The smallest absolute Gasteiger partial charge is 0.290 e. The van der Waals surface area contributed by atoms with Gasteiger partial charge < -0.3 is 20.4 Å². The van der Waals surface area contributed by atoms with Gasteiger partial charge in [0.25, 0.3) is 5.56 Å². The first-order chi connectivity index (χ1) is 8.15. The average molecular weight is 239 g/mol. The van der Waals surface area contributed by atoms with Crippen molar-refractivity contribution in [2.24, 2.45) is 5.73 Å². The van der Waals surface area contributed by atoms with Crippen LogP contribution in [0.3, 0.4) is 0 Å². The zero-order valence-electron chi connectivity index (χ0n) is 9.77. The van der Waals surface area contributed by atoms with Crippen LogP contribution in [-0.2, 0) is 4.74 Å². The van der Waals surface area contributed by atoms with Crippen LogP contribution in [0.4, 0.5) is 5.82 Å². The molecular formula is C10H17N5O2. The van der Waals surface area contributed by atoms with E-state index in [-0.39, 0.29) is 11.4 Å². The first-order valence-electron chi connectivity index (χ1n) is 5.25. The summed E-state index contributed by atoms with van der Waals surface area (Å²) < 4.78 is 4.97. The molecule has 0 fully saturated rings. The van der Waals surface area contributed by atoms with Crippen molar-refractivity contribution in [1.82, 2.24) is 9.97 Å². The van der Waals surface area contributed by atoms with E-state index in [0.717, 1.165) is 0 Å². The van der Waals surface area contributed by atoms with Crippen molar-refractivity contribution in [3.8, 4) is 0 Å². The lowest BCUT2D eigenvalue weighted by molar-refractivity contribution is 0.205. The van der Waals surface area contributed by atoms with Crippen LogP contribution in [-0.4, -0.2) is 42.6 Å². The summed E-state index contributed by atoms with van der Waals surface area (Å²) in [6, 6.07) is 0. The maximum atomic E-state index is 11.6. The summed E-state index contributed by atoms with van der Waals surface area (Å²) in [6.45, 7) is 1.48. The van der Waals surface area contributed by atoms with Crippen LogP contribution in [0.1, 0.15) is 6.42 Å². The number of hydrogen-bond acceptors (Lipinski definition) is 5. The Morgan fingerprint density at radius 1 is 1.65 bits per heavy atom. The van der Waals surface area contributed by atoms with E-state index in [9.17, 15) is 4.79 Å². The SMILES string of the molecule is COCCN(CCC(=N)N)c1ncc[nH]c1=O. The molecule has 0 saturated heterocycles. The number of amidine groups is 1. The summed E-state index contributed by atoms with van der Waals surface area (Å²) in [5.74, 6) is 0.408. The molecule has 0 atom stereocenters. The summed E-state index contributed by atoms with van der Waals surface area (Å²) in [6.07, 6.45) is 3.38. The second-order valence-electron chi connectivity index (χ2n) is 3.50. The minimum Gasteiger partial charge on any atom is -0.388 e. The number of nitrogens with one attached hydrogen (secondary N) is 2. The fraction of sp³-hybridized carbons (Fsp3) is 0.500. The maximum Gasteiger partial charge on any atom is 0.290 e. The Kier molecular flexibility index (Phi) is 5.15. The number of anilines is 1. The highest BCUT2D eigenvalue weighted by Gasteiger charge is 2.11. The van der Waals surface area contributed by atoms with Crippen molar-refractivity contribution in [3.05, 3.63) is 22.7 Å². The van der Waals surface area contributed by atoms with Crippen molar-refractivity contribution >= 4 is 11.7 Å². The van der Waals surface area contributed by atoms with Crippen LogP contribution in [0.2, 0.25) is 0 Å². The van der Waals surface area contributed by atoms with E-state index in [2.05, 4.69) is 9.97 Å². The Morgan fingerprint density at radius 3 is 3.00 bits per heavy atom. The van der Waals surface area contributed by atoms with Crippen molar-refractivity contribution in [1.29, 1.82) is 5.41 Å². The Morgan fingerprint density at radius 2 is 2.41 bits per heavy atom. The summed E-state index contributed by atoms with van der Waals surface area (Å²) in [7, 11) is 1.59. The molecule has 94 valence electrons. The van der Waals surface area contributed by atoms with Crippen LogP contribution < -0.4 is 16.2 Å². The van der Waals surface area contributed by atoms with Gasteiger partial charge in [0.05, 0.1) is 12.4 Å². The van der Waals surface area contributed by atoms with Crippen LogP contribution in [0, 0.1) is 5.41 Å². The fourth-order valence-corrected chi connectivity index (χ4v) is 1.35. The molecule has 0 aliphatic rings. The Labute approximate surface area is 99.1 Å². The zero-order valence-corrected chi connectivity index (χ0v) is 9.77. The van der Waals surface area contributed by atoms with Gasteiger partial charge in [-0.15, -0.1) is 0 Å². The first kappa shape index (κ1) is 13.2. The normalized spacial score (nSPS) is 10.2. The Bertz CT molecular complexity index is 417. The standard InChI is InChI=1S/C10H17N5O2/c1-17-7-6-15(5-2-8(11)12)9-10(16)14-4-3-13-9/h3-4H,2,5-7H2,1H3,(H3,11,12)(H,14,16). The van der Waals surface area contributed by atoms with Gasteiger partial charge in [0.2, 0.25) is 0 Å². The number of aromatic nitrogens is 2. The van der Waals surface area contributed by atoms with E-state index < -0.39 is 0 Å². The van der Waals surface area contributed by atoms with Gasteiger partial charge >= 0.3 is 0 Å². The van der Waals surface area contributed by atoms with Gasteiger partial charge in [0.1, 0.15) is 0 Å². The predicted octanol–water partition coefficient (Wildman–Crippen LogP) is -0.451. The number of aromatic amines is 1. The molecule has 0 unspecified atom stereocenters. The molecule has 0 aliphatic heterocycles. The van der Waals surface area contributed by atoms with Gasteiger partial charge in [0.15, 0.2) is 5.82 Å². The van der Waals surface area contributed by atoms with Gasteiger partial charge in [-0.1, -0.05) is 0 Å². The van der Waals surface area contributed by atoms with E-state index in [1.807, 2.05) is 0 Å². The monoisotopic (exact) mass is 239 g/mol. The molecule has 0 aliphatic carbocycles. The third-order valence-corrected chi connectivity index (χ3v) is 2.20. The van der Waals surface area contributed by atoms with E-state index >= 15 is 0 Å². The molecule has 1 aromatic heterocycles. The Hall–Kier alpha value is -1.89. The largest absolute Gasteiger partial charge is 0.388 e. The second-order valence-corrected chi connectivity index (χ2v) is 3.50. The fourth-order valence-electron chi connectivity index (χ4n) is 1.35. The molecule has 7 heteroatoms. The number of nitrogens with zero attached hydrogens (tertiary/aromatic N) is 2. The van der Waals surface area contributed by atoms with Crippen LogP contribution in [0.25, 0.3) is 0 Å². The number of nitrogens with two attached hydrogens (primary N) is 1.